The van der Waals surface area contributed by atoms with Gasteiger partial charge in [-0.1, -0.05) is 6.92 Å². The Hall–Kier alpha value is -1.80. The van der Waals surface area contributed by atoms with Gasteiger partial charge in [-0.05, 0) is 37.7 Å². The van der Waals surface area contributed by atoms with E-state index in [-0.39, 0.29) is 12.5 Å². The van der Waals surface area contributed by atoms with E-state index in [1.807, 2.05) is 4.90 Å². The van der Waals surface area contributed by atoms with Gasteiger partial charge in [-0.2, -0.15) is 0 Å². The fraction of sp³-hybridized carbons (Fsp3) is 0.588. The Labute approximate surface area is 150 Å². The number of sulfonamides is 1. The number of rotatable bonds is 7. The van der Waals surface area contributed by atoms with Crippen molar-refractivity contribution in [2.45, 2.75) is 13.8 Å². The Bertz CT molecular complexity index is 668. The predicted octanol–water partition coefficient (Wildman–Crippen LogP) is 1.02. The summed E-state index contributed by atoms with van der Waals surface area (Å²) in [6.45, 7) is 8.52. The summed E-state index contributed by atoms with van der Waals surface area (Å²) in [7, 11) is -3.30. The molecule has 8 heteroatoms. The molecule has 0 N–H and O–H groups in total. The zero-order chi connectivity index (χ0) is 18.4. The Morgan fingerprint density at radius 3 is 2.20 bits per heavy atom. The second kappa shape index (κ2) is 8.53. The molecule has 2 rings (SSSR count). The molecule has 1 saturated heterocycles. The van der Waals surface area contributed by atoms with E-state index in [2.05, 4.69) is 11.8 Å². The smallest absolute Gasteiger partial charge is 0.260 e. The minimum absolute atomic E-state index is 0.00492. The van der Waals surface area contributed by atoms with Crippen molar-refractivity contribution in [3.8, 4) is 5.75 Å². The van der Waals surface area contributed by atoms with E-state index < -0.39 is 10.0 Å². The van der Waals surface area contributed by atoms with Gasteiger partial charge >= 0.3 is 0 Å². The molecule has 0 unspecified atom stereocenters. The molecule has 140 valence electrons. The van der Waals surface area contributed by atoms with Gasteiger partial charge in [0.2, 0.25) is 10.0 Å². The highest BCUT2D eigenvalue weighted by Gasteiger charge is 2.20. The van der Waals surface area contributed by atoms with Crippen LogP contribution in [-0.4, -0.2) is 76.3 Å². The summed E-state index contributed by atoms with van der Waals surface area (Å²) >= 11 is 0. The first-order valence-corrected chi connectivity index (χ1v) is 10.4. The monoisotopic (exact) mass is 369 g/mol. The molecule has 0 spiro atoms. The van der Waals surface area contributed by atoms with Crippen molar-refractivity contribution in [3.63, 3.8) is 0 Å². The van der Waals surface area contributed by atoms with Gasteiger partial charge in [0.1, 0.15) is 5.75 Å². The lowest BCUT2D eigenvalue weighted by Crippen LogP contribution is -2.49. The van der Waals surface area contributed by atoms with Crippen molar-refractivity contribution in [2.75, 3.05) is 56.4 Å². The zero-order valence-electron chi connectivity index (χ0n) is 15.1. The molecule has 7 nitrogen and oxygen atoms in total. The fourth-order valence-electron chi connectivity index (χ4n) is 2.87. The number of benzene rings is 1. The number of carbonyl (C=O) groups is 1. The summed E-state index contributed by atoms with van der Waals surface area (Å²) in [5, 5.41) is 0. The average molecular weight is 369 g/mol. The summed E-state index contributed by atoms with van der Waals surface area (Å²) in [5.41, 5.74) is 0.583. The van der Waals surface area contributed by atoms with Gasteiger partial charge in [0.05, 0.1) is 11.9 Å². The summed E-state index contributed by atoms with van der Waals surface area (Å²) in [4.78, 5) is 16.3. The molecule has 1 aromatic carbocycles. The molecule has 0 atom stereocenters. The van der Waals surface area contributed by atoms with Crippen LogP contribution in [-0.2, 0) is 14.8 Å². The van der Waals surface area contributed by atoms with Crippen molar-refractivity contribution in [1.82, 2.24) is 9.80 Å². The van der Waals surface area contributed by atoms with E-state index in [4.69, 9.17) is 4.74 Å². The maximum atomic E-state index is 12.2. The van der Waals surface area contributed by atoms with Crippen LogP contribution in [0, 0.1) is 0 Å². The molecular weight excluding hydrogens is 342 g/mol. The zero-order valence-corrected chi connectivity index (χ0v) is 16.0. The average Bonchev–Trinajstić information content (AvgIpc) is 2.60. The second-order valence-electron chi connectivity index (χ2n) is 6.03. The van der Waals surface area contributed by atoms with Crippen molar-refractivity contribution in [1.29, 1.82) is 0 Å². The standard InChI is InChI=1S/C17H27N3O4S/c1-4-18-10-12-19(13-11-18)17(21)14-24-16-8-6-15(7-9-16)20(5-2)25(3,22)23/h6-9H,4-5,10-14H2,1-3H3. The molecule has 1 amide bonds. The number of likely N-dealkylation sites (N-methyl/N-ethyl adjacent to an activating group) is 1. The normalized spacial score (nSPS) is 15.9. The molecule has 0 radical (unpaired) electrons. The lowest BCUT2D eigenvalue weighted by Gasteiger charge is -2.33. The third-order valence-electron chi connectivity index (χ3n) is 4.35. The van der Waals surface area contributed by atoms with Crippen LogP contribution in [0.15, 0.2) is 24.3 Å². The number of ether oxygens (including phenoxy) is 1. The van der Waals surface area contributed by atoms with E-state index in [1.54, 1.807) is 31.2 Å². The topological polar surface area (TPSA) is 70.2 Å². The van der Waals surface area contributed by atoms with Crippen molar-refractivity contribution >= 4 is 21.6 Å². The van der Waals surface area contributed by atoms with Crippen LogP contribution in [0.1, 0.15) is 13.8 Å². The van der Waals surface area contributed by atoms with E-state index in [0.717, 1.165) is 32.7 Å². The quantitative estimate of drug-likeness (QED) is 0.718. The predicted molar refractivity (Wildman–Crippen MR) is 98.5 cm³/mol. The molecule has 25 heavy (non-hydrogen) atoms. The highest BCUT2D eigenvalue weighted by atomic mass is 32.2. The van der Waals surface area contributed by atoms with Crippen LogP contribution >= 0.6 is 0 Å². The molecule has 0 saturated carbocycles. The minimum Gasteiger partial charge on any atom is -0.484 e. The number of piperazine rings is 1. The van der Waals surface area contributed by atoms with Gasteiger partial charge < -0.3 is 14.5 Å². The molecular formula is C17H27N3O4S. The van der Waals surface area contributed by atoms with Gasteiger partial charge in [-0.25, -0.2) is 8.42 Å². The number of hydrogen-bond donors (Lipinski definition) is 0. The first-order chi connectivity index (χ1) is 11.8. The molecule has 0 aromatic heterocycles. The molecule has 1 aliphatic heterocycles. The van der Waals surface area contributed by atoms with Crippen LogP contribution in [0.5, 0.6) is 5.75 Å². The van der Waals surface area contributed by atoms with Crippen LogP contribution in [0.3, 0.4) is 0 Å². The van der Waals surface area contributed by atoms with E-state index >= 15 is 0 Å². The SMILES string of the molecule is CCN1CCN(C(=O)COc2ccc(N(CC)S(C)(=O)=O)cc2)CC1. The molecule has 0 bridgehead atoms. The summed E-state index contributed by atoms with van der Waals surface area (Å²) in [6.07, 6.45) is 1.18. The number of carbonyl (C=O) groups excluding carboxylic acids is 1. The van der Waals surface area contributed by atoms with Gasteiger partial charge in [0.15, 0.2) is 6.61 Å². The summed E-state index contributed by atoms with van der Waals surface area (Å²) < 4.78 is 30.3. The Balaban J connectivity index is 1.88. The van der Waals surface area contributed by atoms with Crippen LogP contribution in [0.2, 0.25) is 0 Å². The van der Waals surface area contributed by atoms with Crippen LogP contribution in [0.25, 0.3) is 0 Å². The van der Waals surface area contributed by atoms with Gasteiger partial charge in [-0.3, -0.25) is 9.10 Å². The number of anilines is 1. The summed E-state index contributed by atoms with van der Waals surface area (Å²) in [5.74, 6) is 0.528. The van der Waals surface area contributed by atoms with Crippen LogP contribution < -0.4 is 9.04 Å². The third kappa shape index (κ3) is 5.34. The van der Waals surface area contributed by atoms with Crippen molar-refractivity contribution in [3.05, 3.63) is 24.3 Å². The first-order valence-electron chi connectivity index (χ1n) is 8.55. The summed E-state index contributed by atoms with van der Waals surface area (Å²) in [6, 6.07) is 6.74. The number of hydrogen-bond acceptors (Lipinski definition) is 5. The van der Waals surface area contributed by atoms with Crippen molar-refractivity contribution in [2.24, 2.45) is 0 Å². The second-order valence-corrected chi connectivity index (χ2v) is 7.93. The lowest BCUT2D eigenvalue weighted by atomic mass is 10.3. The lowest BCUT2D eigenvalue weighted by molar-refractivity contribution is -0.135. The van der Waals surface area contributed by atoms with Gasteiger partial charge in [-0.15, -0.1) is 0 Å². The van der Waals surface area contributed by atoms with E-state index in [9.17, 15) is 13.2 Å². The Morgan fingerprint density at radius 1 is 1.12 bits per heavy atom. The molecule has 0 aliphatic carbocycles. The van der Waals surface area contributed by atoms with E-state index in [0.29, 0.717) is 18.0 Å². The largest absolute Gasteiger partial charge is 0.484 e. The number of amides is 1. The first kappa shape index (κ1) is 19.5. The molecule has 1 heterocycles. The maximum Gasteiger partial charge on any atom is 0.260 e. The fourth-order valence-corrected chi connectivity index (χ4v) is 3.84. The van der Waals surface area contributed by atoms with Crippen LogP contribution in [0.4, 0.5) is 5.69 Å². The van der Waals surface area contributed by atoms with Crippen molar-refractivity contribution < 1.29 is 17.9 Å². The van der Waals surface area contributed by atoms with Gasteiger partial charge in [0, 0.05) is 32.7 Å². The molecule has 1 fully saturated rings. The maximum absolute atomic E-state index is 12.2. The van der Waals surface area contributed by atoms with Gasteiger partial charge in [0.25, 0.3) is 5.91 Å². The van der Waals surface area contributed by atoms with E-state index in [1.165, 1.54) is 10.6 Å². The highest BCUT2D eigenvalue weighted by Crippen LogP contribution is 2.21. The highest BCUT2D eigenvalue weighted by molar-refractivity contribution is 7.92. The minimum atomic E-state index is -3.30. The number of nitrogens with zero attached hydrogens (tertiary/aromatic N) is 3. The Kier molecular flexibility index (Phi) is 6.66. The third-order valence-corrected chi connectivity index (χ3v) is 5.62. The molecule has 1 aliphatic rings. The Morgan fingerprint density at radius 2 is 1.72 bits per heavy atom. The molecule has 1 aromatic rings.